The molecular weight excluding hydrogens is 296 g/mol. The van der Waals surface area contributed by atoms with E-state index in [4.69, 9.17) is 11.6 Å². The zero-order valence-electron chi connectivity index (χ0n) is 12.8. The topological polar surface area (TPSA) is 42.7 Å². The Balaban J connectivity index is 1.78. The number of fused-ring (bicyclic) bond motifs is 1. The number of nitrogens with one attached hydrogen (secondary N) is 1. The third-order valence-electron chi connectivity index (χ3n) is 3.90. The minimum absolute atomic E-state index is 0.452. The molecule has 4 nitrogen and oxygen atoms in total. The summed E-state index contributed by atoms with van der Waals surface area (Å²) in [6.07, 6.45) is 2.52. The summed E-state index contributed by atoms with van der Waals surface area (Å²) < 4.78 is 2.34. The maximum Gasteiger partial charge on any atom is 0.134 e. The second-order valence-electron chi connectivity index (χ2n) is 5.29. The van der Waals surface area contributed by atoms with Crippen LogP contribution in [-0.4, -0.2) is 21.1 Å². The molecule has 5 heteroatoms. The zero-order chi connectivity index (χ0) is 15.5. The number of aromatic nitrogens is 3. The van der Waals surface area contributed by atoms with Crippen molar-refractivity contribution in [2.24, 2.45) is 0 Å². The molecule has 0 amide bonds. The fourth-order valence-electron chi connectivity index (χ4n) is 2.81. The number of hydrogen-bond acceptors (Lipinski definition) is 3. The molecule has 0 radical (unpaired) electrons. The normalized spacial score (nSPS) is 11.0. The van der Waals surface area contributed by atoms with E-state index in [1.807, 2.05) is 0 Å². The Morgan fingerprint density at radius 1 is 1.23 bits per heavy atom. The van der Waals surface area contributed by atoms with E-state index in [0.717, 1.165) is 25.3 Å². The zero-order valence-corrected chi connectivity index (χ0v) is 13.6. The van der Waals surface area contributed by atoms with E-state index >= 15 is 0 Å². The molecule has 0 fully saturated rings. The van der Waals surface area contributed by atoms with Gasteiger partial charge in [-0.05, 0) is 31.0 Å². The van der Waals surface area contributed by atoms with Gasteiger partial charge in [0.2, 0.25) is 0 Å². The Morgan fingerprint density at radius 2 is 2.09 bits per heavy atom. The Hall–Kier alpha value is -2.07. The van der Waals surface area contributed by atoms with Crippen molar-refractivity contribution in [2.45, 2.75) is 26.8 Å². The second kappa shape index (κ2) is 6.36. The van der Waals surface area contributed by atoms with Crippen molar-refractivity contribution in [3.8, 4) is 0 Å². The summed E-state index contributed by atoms with van der Waals surface area (Å²) in [7, 11) is 0. The highest BCUT2D eigenvalue weighted by Crippen LogP contribution is 2.23. The fourth-order valence-corrected chi connectivity index (χ4v) is 2.96. The molecule has 0 saturated carbocycles. The first kappa shape index (κ1) is 14.9. The largest absolute Gasteiger partial charge is 0.368 e. The van der Waals surface area contributed by atoms with Crippen LogP contribution in [0.5, 0.6) is 0 Å². The van der Waals surface area contributed by atoms with Crippen LogP contribution in [-0.2, 0) is 13.0 Å². The fraction of sp³-hybridized carbons (Fsp3) is 0.294. The maximum atomic E-state index is 5.86. The highest BCUT2D eigenvalue weighted by molar-refractivity contribution is 6.29. The van der Waals surface area contributed by atoms with Gasteiger partial charge in [0.1, 0.15) is 17.3 Å². The van der Waals surface area contributed by atoms with Crippen LogP contribution < -0.4 is 5.32 Å². The molecule has 0 unspecified atom stereocenters. The summed E-state index contributed by atoms with van der Waals surface area (Å²) in [4.78, 5) is 8.04. The highest BCUT2D eigenvalue weighted by atomic mass is 35.5. The number of halogens is 1. The van der Waals surface area contributed by atoms with Crippen molar-refractivity contribution in [3.05, 3.63) is 53.1 Å². The van der Waals surface area contributed by atoms with Crippen LogP contribution >= 0.6 is 11.6 Å². The molecule has 0 bridgehead atoms. The van der Waals surface area contributed by atoms with Crippen LogP contribution in [0.1, 0.15) is 18.2 Å². The first-order valence-electron chi connectivity index (χ1n) is 7.48. The molecule has 2 heterocycles. The smallest absolute Gasteiger partial charge is 0.134 e. The molecule has 114 valence electrons. The summed E-state index contributed by atoms with van der Waals surface area (Å²) in [5, 5.41) is 5.09. The average molecular weight is 315 g/mol. The Morgan fingerprint density at radius 3 is 2.86 bits per heavy atom. The lowest BCUT2D eigenvalue weighted by atomic mass is 10.1. The first-order valence-corrected chi connectivity index (χ1v) is 7.86. The number of hydrogen-bond donors (Lipinski definition) is 1. The van der Waals surface area contributed by atoms with Crippen molar-refractivity contribution in [2.75, 3.05) is 11.9 Å². The first-order chi connectivity index (χ1) is 10.7. The van der Waals surface area contributed by atoms with Crippen LogP contribution in [0.4, 0.5) is 5.82 Å². The molecule has 1 N–H and O–H groups in total. The molecule has 0 aliphatic carbocycles. The molecule has 3 rings (SSSR count). The maximum absolute atomic E-state index is 5.86. The van der Waals surface area contributed by atoms with Crippen LogP contribution in [0.3, 0.4) is 0 Å². The molecule has 2 aromatic heterocycles. The Kier molecular flexibility index (Phi) is 4.29. The average Bonchev–Trinajstić information content (AvgIpc) is 2.83. The van der Waals surface area contributed by atoms with E-state index in [9.17, 15) is 0 Å². The lowest BCUT2D eigenvalue weighted by Gasteiger charge is -2.10. The van der Waals surface area contributed by atoms with E-state index in [1.54, 1.807) is 6.07 Å². The van der Waals surface area contributed by atoms with Gasteiger partial charge in [-0.1, -0.05) is 30.7 Å². The minimum atomic E-state index is 0.452. The van der Waals surface area contributed by atoms with Crippen molar-refractivity contribution < 1.29 is 0 Å². The summed E-state index contributed by atoms with van der Waals surface area (Å²) in [5.74, 6) is 0.753. The van der Waals surface area contributed by atoms with Crippen molar-refractivity contribution >= 4 is 28.3 Å². The minimum Gasteiger partial charge on any atom is -0.368 e. The third kappa shape index (κ3) is 2.92. The van der Waals surface area contributed by atoms with Gasteiger partial charge in [-0.2, -0.15) is 0 Å². The van der Waals surface area contributed by atoms with Crippen LogP contribution in [0.2, 0.25) is 5.15 Å². The molecule has 3 aromatic rings. The summed E-state index contributed by atoms with van der Waals surface area (Å²) in [6.45, 7) is 6.02. The molecule has 0 aliphatic heterocycles. The van der Waals surface area contributed by atoms with Gasteiger partial charge in [-0.25, -0.2) is 9.97 Å². The predicted octanol–water partition coefficient (Wildman–Crippen LogP) is 4.07. The van der Waals surface area contributed by atoms with Gasteiger partial charge < -0.3 is 9.88 Å². The molecule has 1 aromatic carbocycles. The van der Waals surface area contributed by atoms with Gasteiger partial charge in [0.15, 0.2) is 0 Å². The summed E-state index contributed by atoms with van der Waals surface area (Å²) >= 11 is 5.86. The van der Waals surface area contributed by atoms with Crippen molar-refractivity contribution in [3.63, 3.8) is 0 Å². The molecule has 0 spiro atoms. The molecular formula is C17H19ClN4. The summed E-state index contributed by atoms with van der Waals surface area (Å²) in [5.41, 5.74) is 3.97. The van der Waals surface area contributed by atoms with Crippen molar-refractivity contribution in [1.82, 2.24) is 14.5 Å². The SMILES string of the molecule is CCc1cccc2c1cc(C)n2CCNc1cc(Cl)ncn1. The van der Waals surface area contributed by atoms with Crippen LogP contribution in [0.15, 0.2) is 36.7 Å². The van der Waals surface area contributed by atoms with Gasteiger partial charge in [0.05, 0.1) is 0 Å². The van der Waals surface area contributed by atoms with E-state index in [0.29, 0.717) is 5.15 Å². The number of aryl methyl sites for hydroxylation is 2. The van der Waals surface area contributed by atoms with E-state index in [1.165, 1.54) is 28.5 Å². The van der Waals surface area contributed by atoms with Gasteiger partial charge in [-0.15, -0.1) is 0 Å². The van der Waals surface area contributed by atoms with E-state index in [2.05, 4.69) is 58.0 Å². The van der Waals surface area contributed by atoms with Crippen molar-refractivity contribution in [1.29, 1.82) is 0 Å². The standard InChI is InChI=1S/C17H19ClN4/c1-3-13-5-4-6-15-14(13)9-12(2)22(15)8-7-19-17-10-16(18)20-11-21-17/h4-6,9-11H,3,7-8H2,1-2H3,(H,19,20,21). The lowest BCUT2D eigenvalue weighted by molar-refractivity contribution is 0.732. The van der Waals surface area contributed by atoms with Gasteiger partial charge in [-0.3, -0.25) is 0 Å². The van der Waals surface area contributed by atoms with Crippen LogP contribution in [0.25, 0.3) is 10.9 Å². The lowest BCUT2D eigenvalue weighted by Crippen LogP contribution is -2.12. The van der Waals surface area contributed by atoms with E-state index in [-0.39, 0.29) is 0 Å². The Bertz CT molecular complexity index is 794. The summed E-state index contributed by atoms with van der Waals surface area (Å²) in [6, 6.07) is 10.5. The van der Waals surface area contributed by atoms with Gasteiger partial charge >= 0.3 is 0 Å². The number of rotatable bonds is 5. The van der Waals surface area contributed by atoms with Gasteiger partial charge in [0, 0.05) is 35.8 Å². The number of nitrogens with zero attached hydrogens (tertiary/aromatic N) is 3. The Labute approximate surface area is 135 Å². The van der Waals surface area contributed by atoms with Crippen LogP contribution in [0, 0.1) is 6.92 Å². The molecule has 22 heavy (non-hydrogen) atoms. The predicted molar refractivity (Wildman–Crippen MR) is 91.6 cm³/mol. The monoisotopic (exact) mass is 314 g/mol. The second-order valence-corrected chi connectivity index (χ2v) is 5.68. The van der Waals surface area contributed by atoms with E-state index < -0.39 is 0 Å². The number of anilines is 1. The number of benzene rings is 1. The highest BCUT2D eigenvalue weighted by Gasteiger charge is 2.08. The third-order valence-corrected chi connectivity index (χ3v) is 4.11. The molecule has 0 saturated heterocycles. The quantitative estimate of drug-likeness (QED) is 0.722. The van der Waals surface area contributed by atoms with Gasteiger partial charge in [0.25, 0.3) is 0 Å². The molecule has 0 atom stereocenters. The molecule has 0 aliphatic rings.